The zero-order chi connectivity index (χ0) is 25.9. The van der Waals surface area contributed by atoms with E-state index < -0.39 is 57.8 Å². The Morgan fingerprint density at radius 2 is 1.82 bits per heavy atom. The molecule has 9 nitrogen and oxygen atoms in total. The molecule has 0 bridgehead atoms. The Morgan fingerprint density at radius 3 is 2.32 bits per heavy atom. The maximum absolute atomic E-state index is 13.7. The van der Waals surface area contributed by atoms with Gasteiger partial charge in [0.1, 0.15) is 0 Å². The van der Waals surface area contributed by atoms with Crippen molar-refractivity contribution in [3.05, 3.63) is 35.9 Å². The zero-order valence-electron chi connectivity index (χ0n) is 20.2. The highest BCUT2D eigenvalue weighted by atomic mass is 32.2. The van der Waals surface area contributed by atoms with E-state index in [1.165, 1.54) is 6.92 Å². The second kappa shape index (κ2) is 14.0. The number of hydrogen-bond acceptors (Lipinski definition) is 8. The number of nitrogens with one attached hydrogen (secondary N) is 1. The van der Waals surface area contributed by atoms with Crippen LogP contribution in [-0.4, -0.2) is 71.2 Å². The van der Waals surface area contributed by atoms with Gasteiger partial charge >= 0.3 is 5.97 Å². The van der Waals surface area contributed by atoms with Gasteiger partial charge in [-0.1, -0.05) is 63.9 Å². The van der Waals surface area contributed by atoms with Gasteiger partial charge in [-0.05, 0) is 18.4 Å². The van der Waals surface area contributed by atoms with Crippen molar-refractivity contribution >= 4 is 34.5 Å². The first-order chi connectivity index (χ1) is 16.0. The third-order valence-corrected chi connectivity index (χ3v) is 8.09. The van der Waals surface area contributed by atoms with Crippen LogP contribution in [0.2, 0.25) is 0 Å². The summed E-state index contributed by atoms with van der Waals surface area (Å²) < 4.78 is 27.6. The molecule has 11 heteroatoms. The number of carbonyl (C=O) groups is 2. The van der Waals surface area contributed by atoms with E-state index in [0.717, 1.165) is 12.0 Å². The number of thiol groups is 1. The maximum atomic E-state index is 13.7. The third-order valence-electron chi connectivity index (χ3n) is 5.79. The maximum Gasteiger partial charge on any atom is 0.346 e. The molecule has 34 heavy (non-hydrogen) atoms. The average Bonchev–Trinajstić information content (AvgIpc) is 2.80. The van der Waals surface area contributed by atoms with Crippen molar-refractivity contribution in [2.75, 3.05) is 24.7 Å². The number of benzene rings is 1. The van der Waals surface area contributed by atoms with Crippen LogP contribution in [0.3, 0.4) is 0 Å². The summed E-state index contributed by atoms with van der Waals surface area (Å²) >= 11 is 4.11. The number of amides is 1. The molecule has 194 valence electrons. The van der Waals surface area contributed by atoms with Crippen molar-refractivity contribution in [1.82, 2.24) is 9.62 Å². The summed E-state index contributed by atoms with van der Waals surface area (Å²) in [5, 5.41) is 23.0. The Labute approximate surface area is 208 Å². The molecular weight excluding hydrogens is 478 g/mol. The number of unbranched alkanes of at least 4 members (excludes halogenated alkanes) is 2. The lowest BCUT2D eigenvalue weighted by molar-refractivity contribution is -0.162. The largest absolute Gasteiger partial charge is 0.478 e. The lowest BCUT2D eigenvalue weighted by Crippen LogP contribution is -2.73. The van der Waals surface area contributed by atoms with E-state index >= 15 is 0 Å². The quantitative estimate of drug-likeness (QED) is 0.126. The smallest absolute Gasteiger partial charge is 0.346 e. The van der Waals surface area contributed by atoms with Crippen LogP contribution in [0, 0.1) is 11.8 Å². The second-order valence-corrected chi connectivity index (χ2v) is 11.0. The minimum Gasteiger partial charge on any atom is -0.478 e. The summed E-state index contributed by atoms with van der Waals surface area (Å²) in [6.45, 7) is 4.07. The van der Waals surface area contributed by atoms with Crippen molar-refractivity contribution in [1.29, 1.82) is 0 Å². The highest BCUT2D eigenvalue weighted by Crippen LogP contribution is 2.30. The number of hydrogen-bond donors (Lipinski definition) is 5. The van der Waals surface area contributed by atoms with E-state index in [4.69, 9.17) is 5.73 Å². The lowest BCUT2D eigenvalue weighted by atomic mass is 9.92. The topological polar surface area (TPSA) is 150 Å². The van der Waals surface area contributed by atoms with Crippen LogP contribution < -0.4 is 11.1 Å². The van der Waals surface area contributed by atoms with Crippen molar-refractivity contribution in [3.63, 3.8) is 0 Å². The molecule has 0 aliphatic rings. The number of carbonyl (C=O) groups excluding carboxylic acids is 1. The van der Waals surface area contributed by atoms with Gasteiger partial charge in [-0.3, -0.25) is 10.1 Å². The molecule has 0 aromatic heterocycles. The lowest BCUT2D eigenvalue weighted by Gasteiger charge is -2.44. The number of nitrogens with zero attached hydrogens (tertiary/aromatic N) is 1. The van der Waals surface area contributed by atoms with Gasteiger partial charge < -0.3 is 15.9 Å². The number of rotatable bonds is 16. The molecule has 1 amide bonds. The summed E-state index contributed by atoms with van der Waals surface area (Å²) in [6.07, 6.45) is 1.85. The summed E-state index contributed by atoms with van der Waals surface area (Å²) in [7, 11) is -4.37. The molecule has 0 aliphatic heterocycles. The number of aliphatic hydroxyl groups is 1. The summed E-state index contributed by atoms with van der Waals surface area (Å²) in [4.78, 5) is 26.5. The minimum atomic E-state index is -4.37. The standard InChI is InChI=1S/C23H39N3O6S2/c1-4-5-9-12-34(31,32)26(21(28)17(2)13-19-10-7-6-8-11-19)23(22(29)30,18(3)15-27)25-14-20(24)16-33/h6-8,10-11,17-18,20,25,27,33H,4-5,9,12-16,24H2,1-3H3,(H,29,30)/t17?,18-,20?,23-/m1/s1. The molecule has 5 N–H and O–H groups in total. The zero-order valence-corrected chi connectivity index (χ0v) is 21.9. The predicted molar refractivity (Wildman–Crippen MR) is 136 cm³/mol. The van der Waals surface area contributed by atoms with E-state index in [1.807, 2.05) is 37.3 Å². The van der Waals surface area contributed by atoms with E-state index in [2.05, 4.69) is 17.9 Å². The Kier molecular flexibility index (Phi) is 12.5. The molecule has 2 unspecified atom stereocenters. The number of aliphatic hydroxyl groups excluding tert-OH is 1. The number of carboxylic acid groups (broad SMARTS) is 1. The summed E-state index contributed by atoms with van der Waals surface area (Å²) in [6, 6.07) is 8.47. The van der Waals surface area contributed by atoms with Crippen LogP contribution in [0.4, 0.5) is 0 Å². The molecule has 0 radical (unpaired) electrons. The molecule has 0 saturated carbocycles. The Bertz CT molecular complexity index is 884. The molecular formula is C23H39N3O6S2. The monoisotopic (exact) mass is 517 g/mol. The van der Waals surface area contributed by atoms with E-state index in [9.17, 15) is 28.2 Å². The first-order valence-corrected chi connectivity index (χ1v) is 13.8. The van der Waals surface area contributed by atoms with Crippen molar-refractivity contribution in [2.24, 2.45) is 17.6 Å². The highest BCUT2D eigenvalue weighted by Gasteiger charge is 2.56. The summed E-state index contributed by atoms with van der Waals surface area (Å²) in [5.41, 5.74) is 4.32. The van der Waals surface area contributed by atoms with Gasteiger partial charge in [0.15, 0.2) is 0 Å². The molecule has 4 atom stereocenters. The van der Waals surface area contributed by atoms with Crippen molar-refractivity contribution in [3.8, 4) is 0 Å². The van der Waals surface area contributed by atoms with Gasteiger partial charge in [0, 0.05) is 36.8 Å². The fourth-order valence-electron chi connectivity index (χ4n) is 3.71. The van der Waals surface area contributed by atoms with Gasteiger partial charge in [0.2, 0.25) is 21.6 Å². The Morgan fingerprint density at radius 1 is 1.21 bits per heavy atom. The SMILES string of the molecule is CCCCCS(=O)(=O)N(C(=O)C(C)Cc1ccccc1)[C@@](NCC(N)CS)(C(=O)O)[C@H](C)CO. The first kappa shape index (κ1) is 30.4. The average molecular weight is 518 g/mol. The van der Waals surface area contributed by atoms with Crippen molar-refractivity contribution in [2.45, 2.75) is 58.2 Å². The molecule has 0 spiro atoms. The molecule has 0 heterocycles. The van der Waals surface area contributed by atoms with Gasteiger partial charge in [-0.25, -0.2) is 17.5 Å². The van der Waals surface area contributed by atoms with Gasteiger partial charge in [0.05, 0.1) is 5.75 Å². The first-order valence-electron chi connectivity index (χ1n) is 11.5. The molecule has 1 aromatic rings. The van der Waals surface area contributed by atoms with Crippen LogP contribution in [0.1, 0.15) is 45.6 Å². The molecule has 1 aromatic carbocycles. The van der Waals surface area contributed by atoms with Crippen LogP contribution in [0.15, 0.2) is 30.3 Å². The van der Waals surface area contributed by atoms with Crippen molar-refractivity contribution < 1.29 is 28.2 Å². The Hall–Kier alpha value is -1.66. The number of aliphatic carboxylic acids is 1. The predicted octanol–water partition coefficient (Wildman–Crippen LogP) is 1.47. The normalized spacial score (nSPS) is 16.3. The van der Waals surface area contributed by atoms with Crippen LogP contribution in [0.5, 0.6) is 0 Å². The minimum absolute atomic E-state index is 0.124. The molecule has 1 rings (SSSR count). The van der Waals surface area contributed by atoms with Crippen LogP contribution in [-0.2, 0) is 26.0 Å². The fraction of sp³-hybridized carbons (Fsp3) is 0.652. The highest BCUT2D eigenvalue weighted by molar-refractivity contribution is 7.89. The van der Waals surface area contributed by atoms with Crippen LogP contribution in [0.25, 0.3) is 0 Å². The van der Waals surface area contributed by atoms with Crippen LogP contribution >= 0.6 is 12.6 Å². The third kappa shape index (κ3) is 7.67. The second-order valence-electron chi connectivity index (χ2n) is 8.70. The fourth-order valence-corrected chi connectivity index (χ4v) is 5.81. The van der Waals surface area contributed by atoms with E-state index in [0.29, 0.717) is 10.7 Å². The van der Waals surface area contributed by atoms with Gasteiger partial charge in [-0.2, -0.15) is 12.6 Å². The molecule has 0 saturated heterocycles. The number of carboxylic acids is 1. The Balaban J connectivity index is 3.61. The summed E-state index contributed by atoms with van der Waals surface area (Å²) in [5.74, 6) is -4.62. The number of nitrogens with two attached hydrogens (primary N) is 1. The van der Waals surface area contributed by atoms with Gasteiger partial charge in [-0.15, -0.1) is 0 Å². The van der Waals surface area contributed by atoms with E-state index in [-0.39, 0.29) is 25.1 Å². The van der Waals surface area contributed by atoms with Gasteiger partial charge in [0.25, 0.3) is 0 Å². The van der Waals surface area contributed by atoms with E-state index in [1.54, 1.807) is 6.92 Å². The molecule has 0 aliphatic carbocycles. The molecule has 0 fully saturated rings. The number of sulfonamides is 1.